The zero-order valence-electron chi connectivity index (χ0n) is 11.5. The number of hydrogen-bond donors (Lipinski definition) is 1. The van der Waals surface area contributed by atoms with Crippen LogP contribution in [-0.4, -0.2) is 34.1 Å². The van der Waals surface area contributed by atoms with Crippen LogP contribution in [0.5, 0.6) is 11.5 Å². The van der Waals surface area contributed by atoms with Gasteiger partial charge in [-0.05, 0) is 12.5 Å². The van der Waals surface area contributed by atoms with E-state index in [1.54, 1.807) is 0 Å². The van der Waals surface area contributed by atoms with Crippen LogP contribution in [0.1, 0.15) is 30.1 Å². The standard InChI is InChI=1S/C13H16ClNO5S/c1-2-3-4-15-13(16)10-7-9(21(14,17)18)8-11-12(10)20-6-5-19-11/h7-8H,2-6H2,1H3,(H,15,16). The van der Waals surface area contributed by atoms with Crippen LogP contribution in [0.25, 0.3) is 0 Å². The van der Waals surface area contributed by atoms with Gasteiger partial charge in [0.05, 0.1) is 10.5 Å². The van der Waals surface area contributed by atoms with Crippen molar-refractivity contribution in [3.8, 4) is 11.5 Å². The molecule has 0 fully saturated rings. The molecule has 2 rings (SSSR count). The fourth-order valence-corrected chi connectivity index (χ4v) is 2.69. The van der Waals surface area contributed by atoms with Crippen LogP contribution in [0.15, 0.2) is 17.0 Å². The number of carbonyl (C=O) groups excluding carboxylic acids is 1. The molecule has 0 aromatic heterocycles. The lowest BCUT2D eigenvalue weighted by Gasteiger charge is -2.21. The molecule has 1 heterocycles. The second-order valence-corrected chi connectivity index (χ2v) is 7.11. The number of unbranched alkanes of at least 4 members (excludes halogenated alkanes) is 1. The Hall–Kier alpha value is -1.47. The highest BCUT2D eigenvalue weighted by Crippen LogP contribution is 2.37. The second-order valence-electron chi connectivity index (χ2n) is 4.54. The van der Waals surface area contributed by atoms with Crippen LogP contribution >= 0.6 is 10.7 Å². The summed E-state index contributed by atoms with van der Waals surface area (Å²) >= 11 is 0. The van der Waals surface area contributed by atoms with Gasteiger partial charge in [-0.1, -0.05) is 13.3 Å². The summed E-state index contributed by atoms with van der Waals surface area (Å²) in [6.45, 7) is 3.10. The molecule has 0 radical (unpaired) electrons. The van der Waals surface area contributed by atoms with E-state index < -0.39 is 15.0 Å². The molecule has 1 aliphatic heterocycles. The molecule has 6 nitrogen and oxygen atoms in total. The minimum absolute atomic E-state index is 0.113. The van der Waals surface area contributed by atoms with E-state index in [1.807, 2.05) is 6.92 Å². The fraction of sp³-hybridized carbons (Fsp3) is 0.462. The van der Waals surface area contributed by atoms with Gasteiger partial charge in [-0.2, -0.15) is 0 Å². The molecular weight excluding hydrogens is 318 g/mol. The molecule has 8 heteroatoms. The number of hydrogen-bond acceptors (Lipinski definition) is 5. The number of fused-ring (bicyclic) bond motifs is 1. The third-order valence-electron chi connectivity index (χ3n) is 2.96. The predicted molar refractivity (Wildman–Crippen MR) is 77.7 cm³/mol. The van der Waals surface area contributed by atoms with Crippen molar-refractivity contribution in [2.45, 2.75) is 24.7 Å². The van der Waals surface area contributed by atoms with Crippen molar-refractivity contribution in [2.75, 3.05) is 19.8 Å². The van der Waals surface area contributed by atoms with E-state index in [0.717, 1.165) is 12.8 Å². The Labute approximate surface area is 127 Å². The fourth-order valence-electron chi connectivity index (χ4n) is 1.91. The molecule has 116 valence electrons. The summed E-state index contributed by atoms with van der Waals surface area (Å²) in [6.07, 6.45) is 1.77. The van der Waals surface area contributed by atoms with Gasteiger partial charge in [0.1, 0.15) is 13.2 Å². The summed E-state index contributed by atoms with van der Waals surface area (Å²) in [4.78, 5) is 12.0. The van der Waals surface area contributed by atoms with Crippen molar-refractivity contribution >= 4 is 25.6 Å². The first-order valence-electron chi connectivity index (χ1n) is 6.60. The first-order chi connectivity index (χ1) is 9.93. The van der Waals surface area contributed by atoms with Crippen molar-refractivity contribution in [3.05, 3.63) is 17.7 Å². The number of rotatable bonds is 5. The van der Waals surface area contributed by atoms with Crippen molar-refractivity contribution in [3.63, 3.8) is 0 Å². The van der Waals surface area contributed by atoms with Crippen molar-refractivity contribution in [1.82, 2.24) is 5.32 Å². The van der Waals surface area contributed by atoms with Gasteiger partial charge in [-0.15, -0.1) is 0 Å². The van der Waals surface area contributed by atoms with E-state index in [-0.39, 0.29) is 28.6 Å². The smallest absolute Gasteiger partial charge is 0.261 e. The molecular formula is C13H16ClNO5S. The SMILES string of the molecule is CCCCNC(=O)c1cc(S(=O)(=O)Cl)cc2c1OCCO2. The van der Waals surface area contributed by atoms with Crippen molar-refractivity contribution in [1.29, 1.82) is 0 Å². The molecule has 0 spiro atoms. The number of nitrogens with one attached hydrogen (secondary N) is 1. The molecule has 21 heavy (non-hydrogen) atoms. The number of halogens is 1. The monoisotopic (exact) mass is 333 g/mol. The Morgan fingerprint density at radius 2 is 2.05 bits per heavy atom. The van der Waals surface area contributed by atoms with Gasteiger partial charge < -0.3 is 14.8 Å². The van der Waals surface area contributed by atoms with Crippen LogP contribution in [-0.2, 0) is 9.05 Å². The average molecular weight is 334 g/mol. The summed E-state index contributed by atoms with van der Waals surface area (Å²) in [5.74, 6) is 0.0512. The maximum atomic E-state index is 12.2. The minimum Gasteiger partial charge on any atom is -0.486 e. The van der Waals surface area contributed by atoms with Crippen molar-refractivity contribution in [2.24, 2.45) is 0 Å². The maximum absolute atomic E-state index is 12.2. The molecule has 0 aliphatic carbocycles. The molecule has 1 aromatic rings. The number of benzene rings is 1. The Morgan fingerprint density at radius 1 is 1.33 bits per heavy atom. The topological polar surface area (TPSA) is 81.7 Å². The summed E-state index contributed by atoms with van der Waals surface area (Å²) < 4.78 is 33.8. The van der Waals surface area contributed by atoms with Gasteiger partial charge in [0.15, 0.2) is 11.5 Å². The molecule has 0 saturated heterocycles. The van der Waals surface area contributed by atoms with Crippen molar-refractivity contribution < 1.29 is 22.7 Å². The number of ether oxygens (including phenoxy) is 2. The maximum Gasteiger partial charge on any atom is 0.261 e. The quantitative estimate of drug-likeness (QED) is 0.657. The lowest BCUT2D eigenvalue weighted by Crippen LogP contribution is -2.27. The second kappa shape index (κ2) is 6.53. The van der Waals surface area contributed by atoms with E-state index in [9.17, 15) is 13.2 Å². The van der Waals surface area contributed by atoms with Gasteiger partial charge >= 0.3 is 0 Å². The third-order valence-corrected chi connectivity index (χ3v) is 4.29. The van der Waals surface area contributed by atoms with Gasteiger partial charge in [-0.25, -0.2) is 8.42 Å². The highest BCUT2D eigenvalue weighted by atomic mass is 35.7. The van der Waals surface area contributed by atoms with E-state index in [2.05, 4.69) is 5.32 Å². The Morgan fingerprint density at radius 3 is 2.71 bits per heavy atom. The van der Waals surface area contributed by atoms with E-state index in [1.165, 1.54) is 12.1 Å². The Balaban J connectivity index is 2.40. The van der Waals surface area contributed by atoms with E-state index in [0.29, 0.717) is 13.2 Å². The molecule has 1 N–H and O–H groups in total. The normalized spacial score (nSPS) is 13.8. The third kappa shape index (κ3) is 3.79. The predicted octanol–water partition coefficient (Wildman–Crippen LogP) is 1.92. The van der Waals surface area contributed by atoms with Crippen LogP contribution < -0.4 is 14.8 Å². The Bertz CT molecular complexity index is 644. The van der Waals surface area contributed by atoms with Gasteiger partial charge in [0.25, 0.3) is 15.0 Å². The van der Waals surface area contributed by atoms with Gasteiger partial charge in [0, 0.05) is 23.3 Å². The molecule has 0 unspecified atom stereocenters. The summed E-state index contributed by atoms with van der Waals surface area (Å²) in [6, 6.07) is 2.47. The summed E-state index contributed by atoms with van der Waals surface area (Å²) in [7, 11) is 1.39. The number of carbonyl (C=O) groups is 1. The Kier molecular flexibility index (Phi) is 4.95. The lowest BCUT2D eigenvalue weighted by atomic mass is 10.1. The minimum atomic E-state index is -3.96. The highest BCUT2D eigenvalue weighted by molar-refractivity contribution is 8.13. The average Bonchev–Trinajstić information content (AvgIpc) is 2.45. The highest BCUT2D eigenvalue weighted by Gasteiger charge is 2.25. The summed E-state index contributed by atoms with van der Waals surface area (Å²) in [5, 5.41) is 2.72. The molecule has 0 bridgehead atoms. The van der Waals surface area contributed by atoms with Gasteiger partial charge in [-0.3, -0.25) is 4.79 Å². The zero-order valence-corrected chi connectivity index (χ0v) is 13.1. The lowest BCUT2D eigenvalue weighted by molar-refractivity contribution is 0.0941. The zero-order chi connectivity index (χ0) is 15.5. The molecule has 1 aromatic carbocycles. The van der Waals surface area contributed by atoms with Gasteiger partial charge in [0.2, 0.25) is 0 Å². The van der Waals surface area contributed by atoms with E-state index >= 15 is 0 Å². The first kappa shape index (κ1) is 15.9. The molecule has 0 saturated carbocycles. The van der Waals surface area contributed by atoms with E-state index in [4.69, 9.17) is 20.2 Å². The van der Waals surface area contributed by atoms with Crippen LogP contribution in [0, 0.1) is 0 Å². The first-order valence-corrected chi connectivity index (χ1v) is 8.91. The molecule has 1 aliphatic rings. The molecule has 0 atom stereocenters. The van der Waals surface area contributed by atoms with Crippen LogP contribution in [0.3, 0.4) is 0 Å². The number of amides is 1. The van der Waals surface area contributed by atoms with Crippen LogP contribution in [0.4, 0.5) is 0 Å². The summed E-state index contributed by atoms with van der Waals surface area (Å²) in [5.41, 5.74) is 0.113. The molecule has 1 amide bonds. The largest absolute Gasteiger partial charge is 0.486 e. The van der Waals surface area contributed by atoms with Crippen LogP contribution in [0.2, 0.25) is 0 Å².